The minimum absolute atomic E-state index is 0.124. The Morgan fingerprint density at radius 2 is 1.72 bits per heavy atom. The van der Waals surface area contributed by atoms with Crippen molar-refractivity contribution in [1.29, 1.82) is 0 Å². The number of rotatable bonds is 7. The lowest BCUT2D eigenvalue weighted by Crippen LogP contribution is -2.15. The van der Waals surface area contributed by atoms with Crippen molar-refractivity contribution in [2.24, 2.45) is 0 Å². The van der Waals surface area contributed by atoms with E-state index in [1.807, 2.05) is 47.0 Å². The number of halogens is 2. The fraction of sp³-hybridized carbons (Fsp3) is 0.0870. The third-order valence-corrected chi connectivity index (χ3v) is 6.05. The highest BCUT2D eigenvalue weighted by atomic mass is 35.5. The van der Waals surface area contributed by atoms with Crippen molar-refractivity contribution in [2.45, 2.75) is 5.16 Å². The standard InChI is InChI=1S/C23H18Cl2N4O2S/c1-31-20-9-5-4-8-19(20)29-22(15-10-12-16(24)13-11-15)27-28-23(29)32-14-21(30)26-18-7-3-2-6-17(18)25/h2-13H,14H2,1H3,(H,26,30). The number of ether oxygens (including phenoxy) is 1. The van der Waals surface area contributed by atoms with Gasteiger partial charge in [-0.05, 0) is 48.5 Å². The van der Waals surface area contributed by atoms with E-state index in [-0.39, 0.29) is 11.7 Å². The van der Waals surface area contributed by atoms with Crippen molar-refractivity contribution in [2.75, 3.05) is 18.2 Å². The SMILES string of the molecule is COc1ccccc1-n1c(SCC(=O)Nc2ccccc2Cl)nnc1-c1ccc(Cl)cc1. The van der Waals surface area contributed by atoms with Gasteiger partial charge in [-0.3, -0.25) is 9.36 Å². The van der Waals surface area contributed by atoms with E-state index in [1.54, 1.807) is 37.4 Å². The van der Waals surface area contributed by atoms with Crippen molar-refractivity contribution >= 4 is 46.6 Å². The molecule has 0 atom stereocenters. The number of carbonyl (C=O) groups is 1. The van der Waals surface area contributed by atoms with E-state index in [2.05, 4.69) is 15.5 Å². The highest BCUT2D eigenvalue weighted by molar-refractivity contribution is 7.99. The molecule has 1 heterocycles. The summed E-state index contributed by atoms with van der Waals surface area (Å²) in [6, 6.07) is 22.0. The van der Waals surface area contributed by atoms with Crippen molar-refractivity contribution in [1.82, 2.24) is 14.8 Å². The Hall–Kier alpha value is -3.00. The van der Waals surface area contributed by atoms with Gasteiger partial charge in [-0.2, -0.15) is 0 Å². The first-order valence-electron chi connectivity index (χ1n) is 9.58. The number of nitrogens with one attached hydrogen (secondary N) is 1. The number of nitrogens with zero attached hydrogens (tertiary/aromatic N) is 3. The van der Waals surface area contributed by atoms with E-state index in [1.165, 1.54) is 11.8 Å². The number of methoxy groups -OCH3 is 1. The lowest BCUT2D eigenvalue weighted by Gasteiger charge is -2.14. The number of amides is 1. The Morgan fingerprint density at radius 3 is 2.47 bits per heavy atom. The first-order valence-corrected chi connectivity index (χ1v) is 11.3. The van der Waals surface area contributed by atoms with E-state index in [0.717, 1.165) is 11.3 Å². The Labute approximate surface area is 199 Å². The molecule has 9 heteroatoms. The van der Waals surface area contributed by atoms with Gasteiger partial charge < -0.3 is 10.1 Å². The van der Waals surface area contributed by atoms with Gasteiger partial charge in [0.25, 0.3) is 0 Å². The first-order chi connectivity index (χ1) is 15.6. The van der Waals surface area contributed by atoms with Crippen LogP contribution in [0.2, 0.25) is 10.0 Å². The van der Waals surface area contributed by atoms with Gasteiger partial charge in [-0.1, -0.05) is 59.2 Å². The Morgan fingerprint density at radius 1 is 1.00 bits per heavy atom. The molecular weight excluding hydrogens is 467 g/mol. The second kappa shape index (κ2) is 10.1. The van der Waals surface area contributed by atoms with E-state index in [4.69, 9.17) is 27.9 Å². The topological polar surface area (TPSA) is 69.0 Å². The molecule has 1 amide bonds. The molecule has 0 aliphatic rings. The monoisotopic (exact) mass is 484 g/mol. The molecular formula is C23H18Cl2N4O2S. The zero-order chi connectivity index (χ0) is 22.5. The predicted octanol–water partition coefficient (Wildman–Crippen LogP) is 5.98. The predicted molar refractivity (Wildman–Crippen MR) is 129 cm³/mol. The minimum Gasteiger partial charge on any atom is -0.495 e. The molecule has 3 aromatic carbocycles. The highest BCUT2D eigenvalue weighted by Gasteiger charge is 2.20. The summed E-state index contributed by atoms with van der Waals surface area (Å²) in [6.45, 7) is 0. The van der Waals surface area contributed by atoms with Crippen LogP contribution in [0.25, 0.3) is 17.1 Å². The van der Waals surface area contributed by atoms with Crippen LogP contribution in [0.3, 0.4) is 0 Å². The molecule has 0 unspecified atom stereocenters. The summed E-state index contributed by atoms with van der Waals surface area (Å²) < 4.78 is 7.42. The number of thioether (sulfide) groups is 1. The molecule has 162 valence electrons. The number of para-hydroxylation sites is 3. The second-order valence-electron chi connectivity index (χ2n) is 6.64. The third-order valence-electron chi connectivity index (χ3n) is 4.54. The molecule has 0 saturated carbocycles. The van der Waals surface area contributed by atoms with Crippen molar-refractivity contribution < 1.29 is 9.53 Å². The zero-order valence-corrected chi connectivity index (χ0v) is 19.3. The molecule has 0 saturated heterocycles. The summed E-state index contributed by atoms with van der Waals surface area (Å²) >= 11 is 13.5. The molecule has 1 aromatic heterocycles. The summed E-state index contributed by atoms with van der Waals surface area (Å²) in [5.74, 6) is 1.19. The fourth-order valence-corrected chi connectivity index (χ4v) is 4.11. The average molecular weight is 485 g/mol. The Kier molecular flexibility index (Phi) is 6.99. The smallest absolute Gasteiger partial charge is 0.234 e. The number of carbonyl (C=O) groups excluding carboxylic acids is 1. The van der Waals surface area contributed by atoms with Crippen molar-refractivity contribution in [3.05, 3.63) is 82.8 Å². The van der Waals surface area contributed by atoms with Gasteiger partial charge in [0.05, 0.1) is 29.3 Å². The first kappa shape index (κ1) is 22.2. The van der Waals surface area contributed by atoms with E-state index in [0.29, 0.717) is 32.5 Å². The Bertz CT molecular complexity index is 1240. The summed E-state index contributed by atoms with van der Waals surface area (Å²) in [7, 11) is 1.61. The molecule has 1 N–H and O–H groups in total. The van der Waals surface area contributed by atoms with Crippen LogP contribution in [-0.2, 0) is 4.79 Å². The number of anilines is 1. The summed E-state index contributed by atoms with van der Waals surface area (Å²) in [5, 5.41) is 13.2. The van der Waals surface area contributed by atoms with Crippen LogP contribution in [0.5, 0.6) is 5.75 Å². The van der Waals surface area contributed by atoms with E-state index in [9.17, 15) is 4.79 Å². The molecule has 0 bridgehead atoms. The van der Waals surface area contributed by atoms with Gasteiger partial charge in [0, 0.05) is 10.6 Å². The zero-order valence-electron chi connectivity index (χ0n) is 17.0. The van der Waals surface area contributed by atoms with Crippen LogP contribution < -0.4 is 10.1 Å². The van der Waals surface area contributed by atoms with Gasteiger partial charge in [0.1, 0.15) is 5.75 Å². The largest absolute Gasteiger partial charge is 0.495 e. The Balaban J connectivity index is 1.65. The van der Waals surface area contributed by atoms with Crippen molar-refractivity contribution in [3.8, 4) is 22.8 Å². The van der Waals surface area contributed by atoms with Gasteiger partial charge in [-0.15, -0.1) is 10.2 Å². The van der Waals surface area contributed by atoms with E-state index >= 15 is 0 Å². The maximum absolute atomic E-state index is 12.5. The van der Waals surface area contributed by atoms with Crippen LogP contribution in [0, 0.1) is 0 Å². The van der Waals surface area contributed by atoms with Crippen LogP contribution in [-0.4, -0.2) is 33.5 Å². The third kappa shape index (κ3) is 4.91. The van der Waals surface area contributed by atoms with Crippen LogP contribution in [0.1, 0.15) is 0 Å². The molecule has 6 nitrogen and oxygen atoms in total. The average Bonchev–Trinajstić information content (AvgIpc) is 3.23. The number of hydrogen-bond donors (Lipinski definition) is 1. The molecule has 0 radical (unpaired) electrons. The summed E-state index contributed by atoms with van der Waals surface area (Å²) in [5.41, 5.74) is 2.16. The highest BCUT2D eigenvalue weighted by Crippen LogP contribution is 2.33. The van der Waals surface area contributed by atoms with Crippen LogP contribution in [0.4, 0.5) is 5.69 Å². The lowest BCUT2D eigenvalue weighted by molar-refractivity contribution is -0.113. The van der Waals surface area contributed by atoms with Crippen molar-refractivity contribution in [3.63, 3.8) is 0 Å². The van der Waals surface area contributed by atoms with Gasteiger partial charge >= 0.3 is 0 Å². The number of benzene rings is 3. The number of aromatic nitrogens is 3. The van der Waals surface area contributed by atoms with Gasteiger partial charge in [0.15, 0.2) is 11.0 Å². The molecule has 0 spiro atoms. The van der Waals surface area contributed by atoms with Crippen LogP contribution >= 0.6 is 35.0 Å². The summed E-state index contributed by atoms with van der Waals surface area (Å²) in [6.07, 6.45) is 0. The normalized spacial score (nSPS) is 10.7. The van der Waals surface area contributed by atoms with Crippen LogP contribution in [0.15, 0.2) is 78.0 Å². The second-order valence-corrected chi connectivity index (χ2v) is 8.42. The van der Waals surface area contributed by atoms with E-state index < -0.39 is 0 Å². The maximum atomic E-state index is 12.5. The molecule has 0 fully saturated rings. The number of hydrogen-bond acceptors (Lipinski definition) is 5. The summed E-state index contributed by atoms with van der Waals surface area (Å²) in [4.78, 5) is 12.5. The molecule has 4 rings (SSSR count). The lowest BCUT2D eigenvalue weighted by atomic mass is 10.2. The molecule has 32 heavy (non-hydrogen) atoms. The minimum atomic E-state index is -0.203. The molecule has 0 aliphatic carbocycles. The fourth-order valence-electron chi connectivity index (χ4n) is 3.06. The maximum Gasteiger partial charge on any atom is 0.234 e. The quantitative estimate of drug-likeness (QED) is 0.326. The molecule has 4 aromatic rings. The van der Waals surface area contributed by atoms with Gasteiger partial charge in [-0.25, -0.2) is 0 Å². The van der Waals surface area contributed by atoms with Gasteiger partial charge in [0.2, 0.25) is 5.91 Å². The molecule has 0 aliphatic heterocycles.